The Morgan fingerprint density at radius 1 is 1.50 bits per heavy atom. The van der Waals surface area contributed by atoms with Gasteiger partial charge in [0, 0.05) is 6.04 Å². The van der Waals surface area contributed by atoms with Gasteiger partial charge in [-0.25, -0.2) is 16.8 Å². The van der Waals surface area contributed by atoms with E-state index in [2.05, 4.69) is 5.32 Å². The van der Waals surface area contributed by atoms with Crippen LogP contribution in [0.4, 0.5) is 0 Å². The SMILES string of the molecule is CS(=O)(=O)N(CC(=O)NC1CCS(=O)(=O)C1)Cc1ccco1. The highest BCUT2D eigenvalue weighted by Gasteiger charge is 2.30. The van der Waals surface area contributed by atoms with E-state index >= 15 is 0 Å². The van der Waals surface area contributed by atoms with E-state index in [1.54, 1.807) is 12.1 Å². The maximum absolute atomic E-state index is 12.0. The second-order valence-electron chi connectivity index (χ2n) is 5.28. The van der Waals surface area contributed by atoms with E-state index in [0.29, 0.717) is 12.2 Å². The first-order valence-corrected chi connectivity index (χ1v) is 10.3. The molecule has 2 rings (SSSR count). The maximum atomic E-state index is 12.0. The lowest BCUT2D eigenvalue weighted by molar-refractivity contribution is -0.121. The first-order chi connectivity index (χ1) is 10.2. The van der Waals surface area contributed by atoms with Crippen molar-refractivity contribution in [2.24, 2.45) is 0 Å². The molecule has 1 unspecified atom stereocenters. The second kappa shape index (κ2) is 6.39. The predicted molar refractivity (Wildman–Crippen MR) is 79.2 cm³/mol. The summed E-state index contributed by atoms with van der Waals surface area (Å²) < 4.78 is 52.2. The lowest BCUT2D eigenvalue weighted by Gasteiger charge is -2.19. The van der Waals surface area contributed by atoms with Crippen molar-refractivity contribution < 1.29 is 26.0 Å². The first kappa shape index (κ1) is 17.0. The van der Waals surface area contributed by atoms with Crippen LogP contribution in [0.3, 0.4) is 0 Å². The minimum Gasteiger partial charge on any atom is -0.468 e. The van der Waals surface area contributed by atoms with E-state index in [4.69, 9.17) is 4.42 Å². The third kappa shape index (κ3) is 4.82. The summed E-state index contributed by atoms with van der Waals surface area (Å²) in [5.74, 6) is -0.170. The number of nitrogens with one attached hydrogen (secondary N) is 1. The van der Waals surface area contributed by atoms with Gasteiger partial charge in [0.25, 0.3) is 0 Å². The lowest BCUT2D eigenvalue weighted by atomic mass is 10.2. The topological polar surface area (TPSA) is 114 Å². The van der Waals surface area contributed by atoms with Crippen molar-refractivity contribution >= 4 is 25.8 Å². The monoisotopic (exact) mass is 350 g/mol. The van der Waals surface area contributed by atoms with Crippen LogP contribution in [-0.2, 0) is 31.2 Å². The molecule has 1 atom stereocenters. The molecule has 1 saturated heterocycles. The number of rotatable bonds is 6. The zero-order chi connectivity index (χ0) is 16.4. The van der Waals surface area contributed by atoms with Crippen LogP contribution in [0, 0.1) is 0 Å². The third-order valence-electron chi connectivity index (χ3n) is 3.30. The second-order valence-corrected chi connectivity index (χ2v) is 9.49. The number of hydrogen-bond donors (Lipinski definition) is 1. The van der Waals surface area contributed by atoms with Crippen molar-refractivity contribution in [1.29, 1.82) is 0 Å². The summed E-state index contributed by atoms with van der Waals surface area (Å²) in [6.45, 7) is -0.432. The Bertz CT molecular complexity index is 724. The molecule has 1 aliphatic heterocycles. The van der Waals surface area contributed by atoms with Gasteiger partial charge in [0.05, 0.1) is 37.1 Å². The molecule has 8 nitrogen and oxygen atoms in total. The van der Waals surface area contributed by atoms with Gasteiger partial charge in [0.2, 0.25) is 15.9 Å². The van der Waals surface area contributed by atoms with Gasteiger partial charge < -0.3 is 9.73 Å². The van der Waals surface area contributed by atoms with Crippen molar-refractivity contribution in [3.8, 4) is 0 Å². The van der Waals surface area contributed by atoms with E-state index in [9.17, 15) is 21.6 Å². The summed E-state index contributed by atoms with van der Waals surface area (Å²) >= 11 is 0. The Balaban J connectivity index is 1.97. The molecule has 0 aliphatic carbocycles. The number of carbonyl (C=O) groups excluding carboxylic acids is 1. The zero-order valence-electron chi connectivity index (χ0n) is 12.1. The van der Waals surface area contributed by atoms with Gasteiger partial charge in [0.1, 0.15) is 5.76 Å². The Hall–Kier alpha value is -1.39. The third-order valence-corrected chi connectivity index (χ3v) is 6.26. The average molecular weight is 350 g/mol. The van der Waals surface area contributed by atoms with Gasteiger partial charge in [0.15, 0.2) is 9.84 Å². The highest BCUT2D eigenvalue weighted by atomic mass is 32.2. The number of furan rings is 1. The fraction of sp³-hybridized carbons (Fsp3) is 0.583. The average Bonchev–Trinajstić information content (AvgIpc) is 2.97. The maximum Gasteiger partial charge on any atom is 0.235 e. The highest BCUT2D eigenvalue weighted by Crippen LogP contribution is 2.12. The van der Waals surface area contributed by atoms with Crippen molar-refractivity contribution in [3.05, 3.63) is 24.2 Å². The number of carbonyl (C=O) groups is 1. The van der Waals surface area contributed by atoms with Crippen LogP contribution in [0.2, 0.25) is 0 Å². The molecular weight excluding hydrogens is 332 g/mol. The summed E-state index contributed by atoms with van der Waals surface area (Å²) in [6, 6.07) is 2.78. The Morgan fingerprint density at radius 2 is 2.23 bits per heavy atom. The van der Waals surface area contributed by atoms with Gasteiger partial charge >= 0.3 is 0 Å². The molecule has 22 heavy (non-hydrogen) atoms. The summed E-state index contributed by atoms with van der Waals surface area (Å²) in [5, 5.41) is 2.56. The molecule has 0 radical (unpaired) electrons. The minimum atomic E-state index is -3.60. The van der Waals surface area contributed by atoms with Gasteiger partial charge in [-0.1, -0.05) is 0 Å². The van der Waals surface area contributed by atoms with Crippen molar-refractivity contribution in [1.82, 2.24) is 9.62 Å². The number of sulfone groups is 1. The first-order valence-electron chi connectivity index (χ1n) is 6.63. The standard InChI is InChI=1S/C12H18N2O6S2/c1-21(16,17)14(7-11-3-2-5-20-11)8-12(15)13-10-4-6-22(18,19)9-10/h2-3,5,10H,4,6-9H2,1H3,(H,13,15). The minimum absolute atomic E-state index is 0.0418. The van der Waals surface area contributed by atoms with Crippen molar-refractivity contribution in [2.75, 3.05) is 24.3 Å². The summed E-state index contributed by atoms with van der Waals surface area (Å²) in [7, 11) is -6.70. The van der Waals surface area contributed by atoms with Crippen LogP contribution in [0.1, 0.15) is 12.2 Å². The molecule has 0 saturated carbocycles. The predicted octanol–water partition coefficient (Wildman–Crippen LogP) is -0.655. The fourth-order valence-electron chi connectivity index (χ4n) is 2.21. The molecule has 2 heterocycles. The molecule has 124 valence electrons. The molecule has 1 amide bonds. The van der Waals surface area contributed by atoms with Gasteiger partial charge in [-0.3, -0.25) is 4.79 Å². The smallest absolute Gasteiger partial charge is 0.235 e. The van der Waals surface area contributed by atoms with E-state index in [-0.39, 0.29) is 24.6 Å². The van der Waals surface area contributed by atoms with Gasteiger partial charge in [-0.15, -0.1) is 0 Å². The van der Waals surface area contributed by atoms with Crippen LogP contribution in [-0.4, -0.2) is 57.4 Å². The van der Waals surface area contributed by atoms with E-state index in [1.807, 2.05) is 0 Å². The normalized spacial score (nSPS) is 21.1. The number of hydrogen-bond acceptors (Lipinski definition) is 6. The fourth-order valence-corrected chi connectivity index (χ4v) is 4.60. The molecule has 0 bridgehead atoms. The molecule has 1 fully saturated rings. The molecule has 1 aromatic heterocycles. The van der Waals surface area contributed by atoms with Crippen molar-refractivity contribution in [3.63, 3.8) is 0 Å². The van der Waals surface area contributed by atoms with Gasteiger partial charge in [-0.05, 0) is 18.6 Å². The Morgan fingerprint density at radius 3 is 2.73 bits per heavy atom. The summed E-state index contributed by atoms with van der Waals surface area (Å²) in [4.78, 5) is 12.0. The molecule has 0 spiro atoms. The van der Waals surface area contributed by atoms with Crippen LogP contribution in [0.5, 0.6) is 0 Å². The van der Waals surface area contributed by atoms with Crippen LogP contribution >= 0.6 is 0 Å². The summed E-state index contributed by atoms with van der Waals surface area (Å²) in [6.07, 6.45) is 2.77. The Labute approximate surface area is 129 Å². The quantitative estimate of drug-likeness (QED) is 0.729. The van der Waals surface area contributed by atoms with Crippen molar-refractivity contribution in [2.45, 2.75) is 19.0 Å². The number of sulfonamides is 1. The van der Waals surface area contributed by atoms with Crippen LogP contribution < -0.4 is 5.32 Å². The molecular formula is C12H18N2O6S2. The Kier molecular flexibility index (Phi) is 4.93. The zero-order valence-corrected chi connectivity index (χ0v) is 13.7. The van der Waals surface area contributed by atoms with Gasteiger partial charge in [-0.2, -0.15) is 4.31 Å². The van der Waals surface area contributed by atoms with E-state index in [1.165, 1.54) is 6.26 Å². The largest absolute Gasteiger partial charge is 0.468 e. The molecule has 10 heteroatoms. The molecule has 0 aromatic carbocycles. The number of nitrogens with zero attached hydrogens (tertiary/aromatic N) is 1. The van der Waals surface area contributed by atoms with Crippen LogP contribution in [0.25, 0.3) is 0 Å². The van der Waals surface area contributed by atoms with E-state index < -0.39 is 31.8 Å². The van der Waals surface area contributed by atoms with Crippen LogP contribution in [0.15, 0.2) is 22.8 Å². The highest BCUT2D eigenvalue weighted by molar-refractivity contribution is 7.91. The summed E-state index contributed by atoms with van der Waals surface area (Å²) in [5.41, 5.74) is 0. The molecule has 1 aliphatic rings. The molecule has 1 aromatic rings. The lowest BCUT2D eigenvalue weighted by Crippen LogP contribution is -2.44. The van der Waals surface area contributed by atoms with E-state index in [0.717, 1.165) is 10.6 Å². The number of amides is 1. The molecule has 1 N–H and O–H groups in total.